The van der Waals surface area contributed by atoms with Crippen molar-refractivity contribution in [2.75, 3.05) is 51.2 Å². The van der Waals surface area contributed by atoms with Gasteiger partial charge >= 0.3 is 6.18 Å². The van der Waals surface area contributed by atoms with Crippen LogP contribution in [0.4, 0.5) is 24.5 Å². The van der Waals surface area contributed by atoms with Gasteiger partial charge in [0.05, 0.1) is 19.8 Å². The average molecular weight is 546 g/mol. The van der Waals surface area contributed by atoms with Crippen LogP contribution in [0, 0.1) is 11.8 Å². The van der Waals surface area contributed by atoms with Crippen LogP contribution in [0.2, 0.25) is 0 Å². The third kappa shape index (κ3) is 9.17. The van der Waals surface area contributed by atoms with Crippen LogP contribution in [0.15, 0.2) is 27.8 Å². The molecule has 0 aromatic heterocycles. The van der Waals surface area contributed by atoms with Crippen LogP contribution in [-0.4, -0.2) is 64.0 Å². The predicted octanol–water partition coefficient (Wildman–Crippen LogP) is 2.69. The van der Waals surface area contributed by atoms with Crippen molar-refractivity contribution >= 4 is 11.4 Å². The van der Waals surface area contributed by atoms with Crippen molar-refractivity contribution in [3.63, 3.8) is 0 Å². The zero-order valence-corrected chi connectivity index (χ0v) is 22.2. The molecule has 0 aliphatic rings. The number of nitrogens with two attached hydrogens (primary N) is 1. The number of halogens is 3. The maximum atomic E-state index is 12.5. The average Bonchev–Trinajstić information content (AvgIpc) is 2.86. The lowest BCUT2D eigenvalue weighted by molar-refractivity contribution is -0.115. The van der Waals surface area contributed by atoms with E-state index >= 15 is 0 Å². The summed E-state index contributed by atoms with van der Waals surface area (Å²) in [5.41, 5.74) is 4.59. The van der Waals surface area contributed by atoms with Crippen LogP contribution in [-0.2, 0) is 11.2 Å². The number of alkyl halides is 3. The minimum absolute atomic E-state index is 0.0875. The zero-order chi connectivity index (χ0) is 28.5. The monoisotopic (exact) mass is 545 g/mol. The van der Waals surface area contributed by atoms with Crippen LogP contribution in [0.1, 0.15) is 32.3 Å². The first-order chi connectivity index (χ1) is 17.9. The second kappa shape index (κ2) is 14.4. The van der Waals surface area contributed by atoms with E-state index < -0.39 is 41.4 Å². The van der Waals surface area contributed by atoms with E-state index in [4.69, 9.17) is 19.9 Å². The first-order valence-electron chi connectivity index (χ1n) is 12.5. The number of hydrogen-bond acceptors (Lipinski definition) is 9. The van der Waals surface area contributed by atoms with Gasteiger partial charge < -0.3 is 35.7 Å². The third-order valence-corrected chi connectivity index (χ3v) is 6.35. The van der Waals surface area contributed by atoms with Gasteiger partial charge in [-0.3, -0.25) is 9.59 Å². The number of ether oxygens (including phenoxy) is 3. The Morgan fingerprint density at radius 2 is 1.68 bits per heavy atom. The SMILES string of the molecule is COCCCOc1cc(C[C@@H](C[C@H](N)[C@@H](O)CNc2c(NCC(F)(F)F)c(=O)c2=O)C(C)C)ccc1OC. The molecule has 2 aromatic carbocycles. The summed E-state index contributed by atoms with van der Waals surface area (Å²) in [6.45, 7) is 3.52. The minimum Gasteiger partial charge on any atom is -0.493 e. The first-order valence-corrected chi connectivity index (χ1v) is 12.5. The molecule has 0 aliphatic heterocycles. The highest BCUT2D eigenvalue weighted by Crippen LogP contribution is 2.31. The van der Waals surface area contributed by atoms with Crippen LogP contribution in [0.5, 0.6) is 11.5 Å². The van der Waals surface area contributed by atoms with Crippen molar-refractivity contribution in [1.29, 1.82) is 0 Å². The Morgan fingerprint density at radius 1 is 1.03 bits per heavy atom. The van der Waals surface area contributed by atoms with Crippen molar-refractivity contribution in [3.8, 4) is 11.5 Å². The van der Waals surface area contributed by atoms with Crippen molar-refractivity contribution in [2.24, 2.45) is 17.6 Å². The standard InChI is InChI=1S/C26H38F3N3O6/c1-15(2)17(10-16-6-7-20(37-4)21(11-16)38-9-5-8-36-3)12-18(30)19(33)13-31-22-23(25(35)24(22)34)32-14-26(27,28)29/h6-7,11,15,17-19,31-33H,5,8-10,12-14,30H2,1-4H3/t17-,18-,19-/m0/s1. The second-order valence-electron chi connectivity index (χ2n) is 9.61. The molecule has 0 radical (unpaired) electrons. The van der Waals surface area contributed by atoms with Gasteiger partial charge in [0, 0.05) is 32.7 Å². The van der Waals surface area contributed by atoms with E-state index in [1.54, 1.807) is 14.2 Å². The summed E-state index contributed by atoms with van der Waals surface area (Å²) in [5, 5.41) is 15.1. The molecular formula is C26H38F3N3O6. The van der Waals surface area contributed by atoms with Gasteiger partial charge in [-0.1, -0.05) is 19.9 Å². The quantitative estimate of drug-likeness (QED) is 0.175. The Hall–Kier alpha value is -2.83. The van der Waals surface area contributed by atoms with Gasteiger partial charge in [0.15, 0.2) is 11.5 Å². The van der Waals surface area contributed by atoms with E-state index in [1.807, 2.05) is 23.5 Å². The van der Waals surface area contributed by atoms with E-state index in [2.05, 4.69) is 19.2 Å². The predicted molar refractivity (Wildman–Crippen MR) is 140 cm³/mol. The number of rotatable bonds is 17. The molecule has 0 saturated heterocycles. The molecule has 0 spiro atoms. The third-order valence-electron chi connectivity index (χ3n) is 6.35. The number of aliphatic hydroxyl groups is 1. The van der Waals surface area contributed by atoms with Crippen LogP contribution >= 0.6 is 0 Å². The second-order valence-corrected chi connectivity index (χ2v) is 9.61. The molecule has 0 fully saturated rings. The number of benzene rings is 1. The lowest BCUT2D eigenvalue weighted by atomic mass is 9.83. The highest BCUT2D eigenvalue weighted by molar-refractivity contribution is 5.74. The summed E-state index contributed by atoms with van der Waals surface area (Å²) in [6.07, 6.45) is -3.82. The normalized spacial score (nSPS) is 14.4. The van der Waals surface area contributed by atoms with Gasteiger partial charge in [-0.05, 0) is 42.4 Å². The van der Waals surface area contributed by atoms with Crippen LogP contribution < -0.4 is 36.7 Å². The maximum absolute atomic E-state index is 12.5. The van der Waals surface area contributed by atoms with Crippen LogP contribution in [0.25, 0.3) is 0 Å². The fourth-order valence-electron chi connectivity index (χ4n) is 4.02. The molecular weight excluding hydrogens is 507 g/mol. The smallest absolute Gasteiger partial charge is 0.405 e. The Morgan fingerprint density at radius 3 is 2.26 bits per heavy atom. The van der Waals surface area contributed by atoms with Gasteiger partial charge in [0.25, 0.3) is 10.9 Å². The Balaban J connectivity index is 1.99. The molecule has 2 aromatic rings. The Bertz CT molecular complexity index is 1090. The van der Waals surface area contributed by atoms with Gasteiger partial charge in [-0.2, -0.15) is 13.2 Å². The molecule has 214 valence electrons. The minimum atomic E-state index is -4.55. The molecule has 0 bridgehead atoms. The topological polar surface area (TPSA) is 132 Å². The summed E-state index contributed by atoms with van der Waals surface area (Å²) in [6, 6.07) is 5.02. The number of anilines is 2. The highest BCUT2D eigenvalue weighted by atomic mass is 19.4. The fourth-order valence-corrected chi connectivity index (χ4v) is 4.02. The van der Waals surface area contributed by atoms with Crippen molar-refractivity contribution in [2.45, 2.75) is 51.4 Å². The summed E-state index contributed by atoms with van der Waals surface area (Å²) >= 11 is 0. The van der Waals surface area contributed by atoms with Crippen LogP contribution in [0.3, 0.4) is 0 Å². The summed E-state index contributed by atoms with van der Waals surface area (Å²) in [5.74, 6) is 1.55. The van der Waals surface area contributed by atoms with E-state index in [1.165, 1.54) is 0 Å². The molecule has 9 nitrogen and oxygen atoms in total. The molecule has 38 heavy (non-hydrogen) atoms. The number of aliphatic hydroxyl groups excluding tert-OH is 1. The first kappa shape index (κ1) is 31.4. The van der Waals surface area contributed by atoms with E-state index in [0.29, 0.717) is 37.6 Å². The van der Waals surface area contributed by atoms with Gasteiger partial charge in [-0.25, -0.2) is 0 Å². The summed E-state index contributed by atoms with van der Waals surface area (Å²) in [7, 11) is 3.20. The van der Waals surface area contributed by atoms with Crippen molar-refractivity contribution in [1.82, 2.24) is 0 Å². The van der Waals surface area contributed by atoms with E-state index in [9.17, 15) is 27.9 Å². The molecule has 2 rings (SSSR count). The van der Waals surface area contributed by atoms with Gasteiger partial charge in [-0.15, -0.1) is 0 Å². The summed E-state index contributed by atoms with van der Waals surface area (Å²) < 4.78 is 53.7. The highest BCUT2D eigenvalue weighted by Gasteiger charge is 2.30. The van der Waals surface area contributed by atoms with E-state index in [0.717, 1.165) is 12.0 Å². The molecule has 3 atom stereocenters. The lowest BCUT2D eigenvalue weighted by Gasteiger charge is -2.28. The number of methoxy groups -OCH3 is 2. The maximum Gasteiger partial charge on any atom is 0.405 e. The van der Waals surface area contributed by atoms with Gasteiger partial charge in [0.1, 0.15) is 17.9 Å². The van der Waals surface area contributed by atoms with Gasteiger partial charge in [0.2, 0.25) is 0 Å². The molecule has 12 heteroatoms. The molecule has 5 N–H and O–H groups in total. The molecule has 0 heterocycles. The number of nitrogens with one attached hydrogen (secondary N) is 2. The molecule has 0 unspecified atom stereocenters. The summed E-state index contributed by atoms with van der Waals surface area (Å²) in [4.78, 5) is 23.4. The fraction of sp³-hybridized carbons (Fsp3) is 0.615. The number of hydrogen-bond donors (Lipinski definition) is 4. The molecule has 0 aliphatic carbocycles. The lowest BCUT2D eigenvalue weighted by Crippen LogP contribution is -2.44. The van der Waals surface area contributed by atoms with Crippen molar-refractivity contribution in [3.05, 3.63) is 44.2 Å². The molecule has 0 saturated carbocycles. The van der Waals surface area contributed by atoms with E-state index in [-0.39, 0.29) is 24.1 Å². The Kier molecular flexibility index (Phi) is 11.9. The molecule has 0 amide bonds. The van der Waals surface area contributed by atoms with Crippen molar-refractivity contribution < 1.29 is 32.5 Å². The largest absolute Gasteiger partial charge is 0.493 e. The zero-order valence-electron chi connectivity index (χ0n) is 22.2. The Labute approximate surface area is 220 Å².